The summed E-state index contributed by atoms with van der Waals surface area (Å²) in [5, 5.41) is 3.09. The molecule has 2 rings (SSSR count). The molecule has 2 aromatic heterocycles. The van der Waals surface area contributed by atoms with Gasteiger partial charge in [-0.25, -0.2) is 9.97 Å². The molecular weight excluding hydrogens is 329 g/mol. The molecule has 0 aliphatic carbocycles. The lowest BCUT2D eigenvalue weighted by molar-refractivity contribution is 0.543. The van der Waals surface area contributed by atoms with Gasteiger partial charge in [-0.3, -0.25) is 0 Å². The summed E-state index contributed by atoms with van der Waals surface area (Å²) < 4.78 is 6.62. The average molecular weight is 343 g/mol. The molecule has 0 amide bonds. The molecule has 0 unspecified atom stereocenters. The van der Waals surface area contributed by atoms with E-state index in [1.807, 2.05) is 26.1 Å². The van der Waals surface area contributed by atoms with E-state index in [1.165, 1.54) is 0 Å². The fourth-order valence-electron chi connectivity index (χ4n) is 1.56. The van der Waals surface area contributed by atoms with Crippen LogP contribution in [0.5, 0.6) is 0 Å². The zero-order valence-corrected chi connectivity index (χ0v) is 12.2. The van der Waals surface area contributed by atoms with Gasteiger partial charge in [0.05, 0.1) is 9.26 Å². The van der Waals surface area contributed by atoms with Crippen LogP contribution in [0.4, 0.5) is 5.82 Å². The van der Waals surface area contributed by atoms with Crippen molar-refractivity contribution in [2.75, 3.05) is 12.4 Å². The molecule has 4 nitrogen and oxygen atoms in total. The van der Waals surface area contributed by atoms with Crippen molar-refractivity contribution in [3.8, 4) is 11.6 Å². The molecular formula is C12H14IN3O. The van der Waals surface area contributed by atoms with Crippen molar-refractivity contribution < 1.29 is 4.42 Å². The Hall–Kier alpha value is -1.11. The third kappa shape index (κ3) is 2.43. The van der Waals surface area contributed by atoms with Crippen molar-refractivity contribution in [1.82, 2.24) is 9.97 Å². The summed E-state index contributed by atoms with van der Waals surface area (Å²) in [4.78, 5) is 8.99. The number of rotatable bonds is 3. The molecule has 1 N–H and O–H groups in total. The van der Waals surface area contributed by atoms with Crippen LogP contribution in [0.3, 0.4) is 0 Å². The number of aromatic nitrogens is 2. The van der Waals surface area contributed by atoms with Gasteiger partial charge in [0.1, 0.15) is 11.6 Å². The van der Waals surface area contributed by atoms with E-state index in [-0.39, 0.29) is 0 Å². The number of furan rings is 1. The van der Waals surface area contributed by atoms with Gasteiger partial charge < -0.3 is 9.73 Å². The number of anilines is 1. The quantitative estimate of drug-likeness (QED) is 0.870. The maximum atomic E-state index is 5.55. The second-order valence-corrected chi connectivity index (χ2v) is 4.75. The van der Waals surface area contributed by atoms with Crippen molar-refractivity contribution >= 4 is 28.4 Å². The van der Waals surface area contributed by atoms with Gasteiger partial charge in [0.2, 0.25) is 0 Å². The van der Waals surface area contributed by atoms with E-state index in [4.69, 9.17) is 4.42 Å². The summed E-state index contributed by atoms with van der Waals surface area (Å²) in [5.74, 6) is 3.07. The largest absolute Gasteiger partial charge is 0.458 e. The number of hydrogen-bond acceptors (Lipinski definition) is 4. The minimum absolute atomic E-state index is 0.639. The molecule has 17 heavy (non-hydrogen) atoms. The molecule has 0 aromatic carbocycles. The molecule has 2 aromatic rings. The van der Waals surface area contributed by atoms with Gasteiger partial charge >= 0.3 is 0 Å². The van der Waals surface area contributed by atoms with Crippen LogP contribution >= 0.6 is 22.6 Å². The molecule has 0 atom stereocenters. The highest BCUT2D eigenvalue weighted by molar-refractivity contribution is 14.1. The Morgan fingerprint density at radius 2 is 2.12 bits per heavy atom. The highest BCUT2D eigenvalue weighted by Crippen LogP contribution is 2.25. The summed E-state index contributed by atoms with van der Waals surface area (Å²) in [5.41, 5.74) is 1.04. The maximum absolute atomic E-state index is 5.55. The zero-order chi connectivity index (χ0) is 12.4. The third-order valence-electron chi connectivity index (χ3n) is 2.45. The van der Waals surface area contributed by atoms with Gasteiger partial charge in [0, 0.05) is 7.05 Å². The van der Waals surface area contributed by atoms with Gasteiger partial charge in [-0.1, -0.05) is 6.92 Å². The van der Waals surface area contributed by atoms with E-state index >= 15 is 0 Å². The van der Waals surface area contributed by atoms with E-state index in [9.17, 15) is 0 Å². The third-order valence-corrected chi connectivity index (χ3v) is 3.59. The minimum atomic E-state index is 0.639. The van der Waals surface area contributed by atoms with Gasteiger partial charge in [-0.15, -0.1) is 0 Å². The minimum Gasteiger partial charge on any atom is -0.458 e. The molecule has 0 spiro atoms. The number of hydrogen-bond donors (Lipinski definition) is 1. The highest BCUT2D eigenvalue weighted by Gasteiger charge is 2.13. The molecule has 5 heteroatoms. The van der Waals surface area contributed by atoms with Crippen LogP contribution in [0.1, 0.15) is 18.4 Å². The first kappa shape index (κ1) is 12.3. The Kier molecular flexibility index (Phi) is 3.66. The van der Waals surface area contributed by atoms with E-state index in [0.717, 1.165) is 27.3 Å². The molecule has 0 saturated carbocycles. The number of aryl methyl sites for hydroxylation is 2. The van der Waals surface area contributed by atoms with Crippen molar-refractivity contribution in [1.29, 1.82) is 0 Å². The van der Waals surface area contributed by atoms with Crippen LogP contribution < -0.4 is 5.32 Å². The van der Waals surface area contributed by atoms with Crippen molar-refractivity contribution in [2.24, 2.45) is 0 Å². The van der Waals surface area contributed by atoms with Gasteiger partial charge in [-0.05, 0) is 48.1 Å². The number of halogens is 1. The lowest BCUT2D eigenvalue weighted by Crippen LogP contribution is -2.04. The normalized spacial score (nSPS) is 10.6. The van der Waals surface area contributed by atoms with E-state index < -0.39 is 0 Å². The number of nitrogens with one attached hydrogen (secondary N) is 1. The summed E-state index contributed by atoms with van der Waals surface area (Å²) in [6.07, 6.45) is 0.877. The Morgan fingerprint density at radius 3 is 2.65 bits per heavy atom. The van der Waals surface area contributed by atoms with Crippen LogP contribution in [0, 0.1) is 10.5 Å². The summed E-state index contributed by atoms with van der Waals surface area (Å²) in [7, 11) is 1.86. The molecule has 0 fully saturated rings. The van der Waals surface area contributed by atoms with E-state index in [2.05, 4.69) is 44.8 Å². The van der Waals surface area contributed by atoms with Crippen molar-refractivity contribution in [3.05, 3.63) is 27.2 Å². The molecule has 90 valence electrons. The Balaban J connectivity index is 2.55. The van der Waals surface area contributed by atoms with E-state index in [1.54, 1.807) is 0 Å². The van der Waals surface area contributed by atoms with Crippen LogP contribution in [-0.2, 0) is 6.42 Å². The Morgan fingerprint density at radius 1 is 1.35 bits per heavy atom. The molecule has 0 aliphatic rings. The first-order valence-corrected chi connectivity index (χ1v) is 6.54. The second-order valence-electron chi connectivity index (χ2n) is 3.67. The van der Waals surface area contributed by atoms with Gasteiger partial charge in [-0.2, -0.15) is 0 Å². The van der Waals surface area contributed by atoms with Crippen molar-refractivity contribution in [3.63, 3.8) is 0 Å². The highest BCUT2D eigenvalue weighted by atomic mass is 127. The Bertz CT molecular complexity index is 511. The Labute approximate surface area is 114 Å². The molecule has 2 heterocycles. The molecule has 0 saturated heterocycles. The van der Waals surface area contributed by atoms with Gasteiger partial charge in [0.25, 0.3) is 0 Å². The maximum Gasteiger partial charge on any atom is 0.197 e. The first-order chi connectivity index (χ1) is 8.15. The standard InChI is InChI=1S/C12H14IN3O/c1-4-8-10(13)12(14-3)16-11(15-8)9-6-5-7(2)17-9/h5-6H,4H2,1-3H3,(H,14,15,16). The summed E-state index contributed by atoms with van der Waals surface area (Å²) in [6, 6.07) is 3.82. The lowest BCUT2D eigenvalue weighted by Gasteiger charge is -2.08. The lowest BCUT2D eigenvalue weighted by atomic mass is 10.3. The summed E-state index contributed by atoms with van der Waals surface area (Å²) >= 11 is 2.26. The monoisotopic (exact) mass is 343 g/mol. The predicted octanol–water partition coefficient (Wildman–Crippen LogP) is 3.25. The fraction of sp³-hybridized carbons (Fsp3) is 0.333. The topological polar surface area (TPSA) is 51.0 Å². The molecule has 0 bridgehead atoms. The van der Waals surface area contributed by atoms with Crippen LogP contribution in [-0.4, -0.2) is 17.0 Å². The predicted molar refractivity (Wildman–Crippen MR) is 76.1 cm³/mol. The van der Waals surface area contributed by atoms with Crippen LogP contribution in [0.2, 0.25) is 0 Å². The second kappa shape index (κ2) is 5.03. The van der Waals surface area contributed by atoms with Crippen molar-refractivity contribution in [2.45, 2.75) is 20.3 Å². The molecule has 0 radical (unpaired) electrons. The van der Waals surface area contributed by atoms with Gasteiger partial charge in [0.15, 0.2) is 11.6 Å². The average Bonchev–Trinajstić information content (AvgIpc) is 2.76. The fourth-order valence-corrected chi connectivity index (χ4v) is 2.45. The smallest absolute Gasteiger partial charge is 0.197 e. The van der Waals surface area contributed by atoms with Crippen LogP contribution in [0.15, 0.2) is 16.5 Å². The van der Waals surface area contributed by atoms with Crippen LogP contribution in [0.25, 0.3) is 11.6 Å². The van der Waals surface area contributed by atoms with E-state index in [0.29, 0.717) is 11.6 Å². The summed E-state index contributed by atoms with van der Waals surface area (Å²) in [6.45, 7) is 4.00. The first-order valence-electron chi connectivity index (χ1n) is 5.46. The molecule has 0 aliphatic heterocycles. The zero-order valence-electron chi connectivity index (χ0n) is 10.0. The number of nitrogens with zero attached hydrogens (tertiary/aromatic N) is 2. The SMILES string of the molecule is CCc1nc(-c2ccc(C)o2)nc(NC)c1I.